The van der Waals surface area contributed by atoms with Gasteiger partial charge in [-0.05, 0) is 55.4 Å². The van der Waals surface area contributed by atoms with Gasteiger partial charge in [0.25, 0.3) is 0 Å². The van der Waals surface area contributed by atoms with E-state index in [4.69, 9.17) is 4.99 Å². The van der Waals surface area contributed by atoms with Crippen molar-refractivity contribution in [3.8, 4) is 0 Å². The van der Waals surface area contributed by atoms with Gasteiger partial charge in [-0.3, -0.25) is 4.99 Å². The zero-order chi connectivity index (χ0) is 13.6. The minimum atomic E-state index is 0.294. The normalized spacial score (nSPS) is 39.3. The van der Waals surface area contributed by atoms with Crippen LogP contribution < -0.4 is 5.46 Å². The van der Waals surface area contributed by atoms with Crippen LogP contribution in [-0.4, -0.2) is 19.6 Å². The van der Waals surface area contributed by atoms with Crippen LogP contribution in [0.3, 0.4) is 0 Å². The smallest absolute Gasteiger partial charge is 0.139 e. The highest BCUT2D eigenvalue weighted by molar-refractivity contribution is 6.32. The molecular weight excluding hydrogens is 241 g/mol. The van der Waals surface area contributed by atoms with Crippen LogP contribution in [0.2, 0.25) is 0 Å². The average molecular weight is 265 g/mol. The maximum Gasteiger partial charge on any atom is 0.139 e. The molecule has 0 spiro atoms. The molecule has 3 fully saturated rings. The molecule has 3 saturated carbocycles. The van der Waals surface area contributed by atoms with Gasteiger partial charge in [-0.15, -0.1) is 0 Å². The first kappa shape index (κ1) is 12.7. The molecule has 4 unspecified atom stereocenters. The highest BCUT2D eigenvalue weighted by atomic mass is 14.9. The van der Waals surface area contributed by atoms with E-state index >= 15 is 0 Å². The summed E-state index contributed by atoms with van der Waals surface area (Å²) in [6.45, 7) is 0. The van der Waals surface area contributed by atoms with Crippen LogP contribution >= 0.6 is 0 Å². The maximum absolute atomic E-state index is 5.16. The van der Waals surface area contributed by atoms with Gasteiger partial charge in [0.2, 0.25) is 0 Å². The third-order valence-corrected chi connectivity index (χ3v) is 6.00. The summed E-state index contributed by atoms with van der Waals surface area (Å²) < 4.78 is 0. The molecular formula is C18H24BN. The molecule has 3 aliphatic carbocycles. The lowest BCUT2D eigenvalue weighted by molar-refractivity contribution is 0.214. The molecule has 20 heavy (non-hydrogen) atoms. The fourth-order valence-corrected chi connectivity index (χ4v) is 5.25. The molecule has 4 rings (SSSR count). The number of benzene rings is 1. The Hall–Kier alpha value is -1.05. The van der Waals surface area contributed by atoms with E-state index in [1.54, 1.807) is 0 Å². The zero-order valence-electron chi connectivity index (χ0n) is 12.5. The number of hydrogen-bond donors (Lipinski definition) is 0. The van der Waals surface area contributed by atoms with Crippen LogP contribution in [-0.2, 0) is 0 Å². The Morgan fingerprint density at radius 2 is 2.10 bits per heavy atom. The van der Waals surface area contributed by atoms with Gasteiger partial charge in [-0.25, -0.2) is 0 Å². The highest BCUT2D eigenvalue weighted by Gasteiger charge is 2.49. The molecule has 4 atom stereocenters. The second-order valence-corrected chi connectivity index (χ2v) is 7.55. The van der Waals surface area contributed by atoms with Crippen molar-refractivity contribution in [3.63, 3.8) is 0 Å². The second kappa shape index (κ2) is 4.75. The Kier molecular flexibility index (Phi) is 3.01. The summed E-state index contributed by atoms with van der Waals surface area (Å²) >= 11 is 0. The van der Waals surface area contributed by atoms with E-state index in [9.17, 15) is 0 Å². The molecule has 104 valence electrons. The number of hydrogen-bond acceptors (Lipinski definition) is 1. The van der Waals surface area contributed by atoms with Gasteiger partial charge < -0.3 is 0 Å². The molecule has 0 aliphatic heterocycles. The van der Waals surface area contributed by atoms with Gasteiger partial charge in [-0.2, -0.15) is 0 Å². The van der Waals surface area contributed by atoms with Crippen LogP contribution in [0.25, 0.3) is 0 Å². The SMILES string of the molecule is Bc1cccc(/C=N/C23CCCC4CC(CC4C2)C3)c1. The van der Waals surface area contributed by atoms with Crippen LogP contribution in [0.15, 0.2) is 29.3 Å². The van der Waals surface area contributed by atoms with Crippen molar-refractivity contribution in [2.45, 2.75) is 50.5 Å². The maximum atomic E-state index is 5.16. The van der Waals surface area contributed by atoms with E-state index < -0.39 is 0 Å². The van der Waals surface area contributed by atoms with Crippen molar-refractivity contribution >= 4 is 19.5 Å². The quantitative estimate of drug-likeness (QED) is 0.576. The third-order valence-electron chi connectivity index (χ3n) is 6.00. The van der Waals surface area contributed by atoms with E-state index in [0.717, 1.165) is 17.8 Å². The van der Waals surface area contributed by atoms with E-state index in [-0.39, 0.29) is 0 Å². The Morgan fingerprint density at radius 1 is 1.20 bits per heavy atom. The van der Waals surface area contributed by atoms with E-state index in [1.165, 1.54) is 56.0 Å². The molecule has 0 N–H and O–H groups in total. The first-order chi connectivity index (χ1) is 9.72. The molecule has 3 bridgehead atoms. The zero-order valence-corrected chi connectivity index (χ0v) is 12.5. The Bertz CT molecular complexity index is 538. The molecule has 1 aromatic carbocycles. The lowest BCUT2D eigenvalue weighted by Crippen LogP contribution is -2.34. The molecule has 1 aromatic rings. The van der Waals surface area contributed by atoms with Gasteiger partial charge in [-0.1, -0.05) is 42.6 Å². The molecule has 1 nitrogen and oxygen atoms in total. The van der Waals surface area contributed by atoms with Gasteiger partial charge in [0.15, 0.2) is 0 Å². The highest BCUT2D eigenvalue weighted by Crippen LogP contribution is 2.56. The van der Waals surface area contributed by atoms with Crippen molar-refractivity contribution in [2.75, 3.05) is 0 Å². The molecule has 0 saturated heterocycles. The monoisotopic (exact) mass is 265 g/mol. The predicted octanol–water partition coefficient (Wildman–Crippen LogP) is 2.72. The summed E-state index contributed by atoms with van der Waals surface area (Å²) in [5.74, 6) is 3.01. The third kappa shape index (κ3) is 2.23. The minimum Gasteiger partial charge on any atom is -0.286 e. The van der Waals surface area contributed by atoms with Crippen molar-refractivity contribution in [3.05, 3.63) is 29.8 Å². The Morgan fingerprint density at radius 3 is 3.00 bits per heavy atom. The van der Waals surface area contributed by atoms with Gasteiger partial charge in [0.05, 0.1) is 5.54 Å². The number of nitrogens with zero attached hydrogens (tertiary/aromatic N) is 1. The first-order valence-electron chi connectivity index (χ1n) is 8.34. The number of fused-ring (bicyclic) bond motifs is 2. The van der Waals surface area contributed by atoms with Crippen LogP contribution in [0, 0.1) is 17.8 Å². The van der Waals surface area contributed by atoms with Crippen LogP contribution in [0.4, 0.5) is 0 Å². The van der Waals surface area contributed by atoms with E-state index in [2.05, 4.69) is 38.3 Å². The molecule has 3 aliphatic rings. The number of aliphatic imine (C=N–C) groups is 1. The second-order valence-electron chi connectivity index (χ2n) is 7.55. The van der Waals surface area contributed by atoms with Crippen molar-refractivity contribution < 1.29 is 0 Å². The largest absolute Gasteiger partial charge is 0.286 e. The Labute approximate surface area is 123 Å². The summed E-state index contributed by atoms with van der Waals surface area (Å²) in [5.41, 5.74) is 2.90. The molecule has 0 aromatic heterocycles. The summed E-state index contributed by atoms with van der Waals surface area (Å²) in [7, 11) is 2.16. The number of rotatable bonds is 2. The van der Waals surface area contributed by atoms with Crippen molar-refractivity contribution in [2.24, 2.45) is 22.7 Å². The summed E-state index contributed by atoms with van der Waals surface area (Å²) in [4.78, 5) is 5.16. The summed E-state index contributed by atoms with van der Waals surface area (Å²) in [6, 6.07) is 8.73. The topological polar surface area (TPSA) is 12.4 Å². The van der Waals surface area contributed by atoms with Gasteiger partial charge in [0, 0.05) is 6.21 Å². The van der Waals surface area contributed by atoms with Crippen molar-refractivity contribution in [1.29, 1.82) is 0 Å². The van der Waals surface area contributed by atoms with Gasteiger partial charge in [0.1, 0.15) is 7.85 Å². The van der Waals surface area contributed by atoms with E-state index in [0.29, 0.717) is 5.54 Å². The molecule has 2 heteroatoms. The lowest BCUT2D eigenvalue weighted by Gasteiger charge is -2.37. The first-order valence-corrected chi connectivity index (χ1v) is 8.34. The molecule has 0 heterocycles. The van der Waals surface area contributed by atoms with E-state index in [1.807, 2.05) is 0 Å². The van der Waals surface area contributed by atoms with Gasteiger partial charge >= 0.3 is 0 Å². The fourth-order valence-electron chi connectivity index (χ4n) is 5.25. The average Bonchev–Trinajstić information content (AvgIpc) is 2.64. The van der Waals surface area contributed by atoms with Crippen LogP contribution in [0.1, 0.15) is 50.5 Å². The summed E-state index contributed by atoms with van der Waals surface area (Å²) in [6.07, 6.45) is 12.1. The minimum absolute atomic E-state index is 0.294. The fraction of sp³-hybridized carbons (Fsp3) is 0.611. The molecule has 0 amide bonds. The summed E-state index contributed by atoms with van der Waals surface area (Å²) in [5, 5.41) is 0. The molecule has 0 radical (unpaired) electrons. The predicted molar refractivity (Wildman–Crippen MR) is 87.7 cm³/mol. The lowest BCUT2D eigenvalue weighted by atomic mass is 9.74. The van der Waals surface area contributed by atoms with Crippen LogP contribution in [0.5, 0.6) is 0 Å². The van der Waals surface area contributed by atoms with Crippen molar-refractivity contribution in [1.82, 2.24) is 0 Å². The Balaban J connectivity index is 1.60. The standard InChI is InChI=1S/C18H24BN/c19-17-5-1-3-13(9-17)12-20-18-6-2-4-15-7-14(10-18)8-16(15)11-18/h1,3,5,9,12,14-16H,2,4,6-8,10-11,19H2/b20-12+.